The van der Waals surface area contributed by atoms with Crippen LogP contribution >= 0.6 is 0 Å². The molecule has 2 rings (SSSR count). The molecule has 0 saturated carbocycles. The monoisotopic (exact) mass is 342 g/mol. The van der Waals surface area contributed by atoms with Gasteiger partial charge in [-0.05, 0) is 36.9 Å². The first-order valence-corrected chi connectivity index (χ1v) is 7.82. The topological polar surface area (TPSA) is 67.9 Å². The lowest BCUT2D eigenvalue weighted by molar-refractivity contribution is -0.117. The number of likely N-dealkylation sites (N-methyl/N-ethyl adjacent to an activating group) is 1. The van der Waals surface area contributed by atoms with Crippen LogP contribution in [0.4, 0.5) is 5.69 Å². The second-order valence-electron chi connectivity index (χ2n) is 5.61. The summed E-state index contributed by atoms with van der Waals surface area (Å²) >= 11 is 0. The maximum Gasteiger partial charge on any atom is 0.339 e. The van der Waals surface area contributed by atoms with Gasteiger partial charge in [0, 0.05) is 6.54 Å². The second kappa shape index (κ2) is 8.84. The Hall–Kier alpha value is -2.86. The van der Waals surface area contributed by atoms with Crippen molar-refractivity contribution in [3.8, 4) is 5.75 Å². The summed E-state index contributed by atoms with van der Waals surface area (Å²) in [6, 6.07) is 14.4. The van der Waals surface area contributed by atoms with E-state index < -0.39 is 5.97 Å². The third kappa shape index (κ3) is 5.32. The molecule has 0 aromatic heterocycles. The van der Waals surface area contributed by atoms with E-state index >= 15 is 0 Å². The summed E-state index contributed by atoms with van der Waals surface area (Å²) in [6.07, 6.45) is 0. The Morgan fingerprint density at radius 2 is 1.72 bits per heavy atom. The number of carbonyl (C=O) groups excluding carboxylic acids is 2. The van der Waals surface area contributed by atoms with Gasteiger partial charge in [0.05, 0.1) is 32.0 Å². The fraction of sp³-hybridized carbons (Fsp3) is 0.263. The van der Waals surface area contributed by atoms with Gasteiger partial charge >= 0.3 is 5.97 Å². The van der Waals surface area contributed by atoms with E-state index in [-0.39, 0.29) is 12.5 Å². The van der Waals surface area contributed by atoms with Crippen LogP contribution in [-0.4, -0.2) is 44.6 Å². The van der Waals surface area contributed by atoms with E-state index in [1.165, 1.54) is 7.11 Å². The fourth-order valence-electron chi connectivity index (χ4n) is 2.41. The minimum absolute atomic E-state index is 0.196. The van der Waals surface area contributed by atoms with Crippen LogP contribution in [0.5, 0.6) is 5.75 Å². The van der Waals surface area contributed by atoms with Crippen LogP contribution in [0.3, 0.4) is 0 Å². The number of nitrogens with one attached hydrogen (secondary N) is 1. The minimum atomic E-state index is -0.484. The fourth-order valence-corrected chi connectivity index (χ4v) is 2.41. The highest BCUT2D eigenvalue weighted by Gasteiger charge is 2.14. The zero-order valence-electron chi connectivity index (χ0n) is 14.6. The molecule has 1 amide bonds. The van der Waals surface area contributed by atoms with Crippen molar-refractivity contribution in [3.63, 3.8) is 0 Å². The van der Waals surface area contributed by atoms with E-state index in [0.717, 1.165) is 11.3 Å². The lowest BCUT2D eigenvalue weighted by Gasteiger charge is -2.17. The van der Waals surface area contributed by atoms with Crippen molar-refractivity contribution in [3.05, 3.63) is 59.7 Å². The number of hydrogen-bond donors (Lipinski definition) is 1. The van der Waals surface area contributed by atoms with Crippen molar-refractivity contribution in [1.82, 2.24) is 4.90 Å². The van der Waals surface area contributed by atoms with E-state index in [2.05, 4.69) is 5.32 Å². The molecular weight excluding hydrogens is 320 g/mol. The number of methoxy groups -OCH3 is 2. The normalized spacial score (nSPS) is 10.4. The van der Waals surface area contributed by atoms with Crippen LogP contribution < -0.4 is 10.1 Å². The quantitative estimate of drug-likeness (QED) is 0.783. The number of benzene rings is 2. The summed E-state index contributed by atoms with van der Waals surface area (Å²) in [7, 11) is 4.79. The number of para-hydroxylation sites is 1. The molecule has 0 aliphatic carbocycles. The van der Waals surface area contributed by atoms with Gasteiger partial charge < -0.3 is 14.8 Å². The summed E-state index contributed by atoms with van der Waals surface area (Å²) in [5.74, 6) is 0.110. The van der Waals surface area contributed by atoms with Gasteiger partial charge in [-0.1, -0.05) is 24.3 Å². The highest BCUT2D eigenvalue weighted by Crippen LogP contribution is 2.16. The molecule has 0 fully saturated rings. The number of hydrogen-bond acceptors (Lipinski definition) is 5. The molecule has 6 nitrogen and oxygen atoms in total. The number of carbonyl (C=O) groups is 2. The number of nitrogens with zero attached hydrogens (tertiary/aromatic N) is 1. The van der Waals surface area contributed by atoms with Crippen molar-refractivity contribution < 1.29 is 19.1 Å². The van der Waals surface area contributed by atoms with Crippen LogP contribution in [0.1, 0.15) is 15.9 Å². The van der Waals surface area contributed by atoms with Gasteiger partial charge in [0.2, 0.25) is 5.91 Å². The largest absolute Gasteiger partial charge is 0.497 e. The molecular formula is C19H22N2O4. The van der Waals surface area contributed by atoms with Crippen molar-refractivity contribution in [1.29, 1.82) is 0 Å². The molecule has 2 aromatic carbocycles. The highest BCUT2D eigenvalue weighted by atomic mass is 16.5. The molecule has 0 radical (unpaired) electrons. The average Bonchev–Trinajstić information content (AvgIpc) is 2.62. The predicted molar refractivity (Wildman–Crippen MR) is 95.7 cm³/mol. The van der Waals surface area contributed by atoms with Crippen LogP contribution in [0.15, 0.2) is 48.5 Å². The molecule has 132 valence electrons. The number of ether oxygens (including phenoxy) is 2. The summed E-state index contributed by atoms with van der Waals surface area (Å²) in [6.45, 7) is 0.817. The van der Waals surface area contributed by atoms with E-state index in [4.69, 9.17) is 9.47 Å². The number of rotatable bonds is 7. The van der Waals surface area contributed by atoms with Gasteiger partial charge in [-0.2, -0.15) is 0 Å². The molecule has 1 N–H and O–H groups in total. The number of amides is 1. The Labute approximate surface area is 147 Å². The Bertz CT molecular complexity index is 728. The Morgan fingerprint density at radius 1 is 1.04 bits per heavy atom. The Balaban J connectivity index is 1.94. The molecule has 0 bridgehead atoms. The van der Waals surface area contributed by atoms with Gasteiger partial charge in [0.15, 0.2) is 0 Å². The predicted octanol–water partition coefficient (Wildman–Crippen LogP) is 2.55. The zero-order chi connectivity index (χ0) is 18.2. The van der Waals surface area contributed by atoms with Gasteiger partial charge in [-0.25, -0.2) is 4.79 Å². The molecule has 0 unspecified atom stereocenters. The first kappa shape index (κ1) is 18.5. The van der Waals surface area contributed by atoms with E-state index in [0.29, 0.717) is 17.8 Å². The van der Waals surface area contributed by atoms with Crippen molar-refractivity contribution >= 4 is 17.6 Å². The Kier molecular flexibility index (Phi) is 6.54. The zero-order valence-corrected chi connectivity index (χ0v) is 14.6. The van der Waals surface area contributed by atoms with Crippen molar-refractivity contribution in [2.75, 3.05) is 33.1 Å². The highest BCUT2D eigenvalue weighted by molar-refractivity contribution is 6.01. The third-order valence-corrected chi connectivity index (χ3v) is 3.63. The SMILES string of the molecule is COC(=O)c1ccccc1NC(=O)CN(C)Cc1ccc(OC)cc1. The van der Waals surface area contributed by atoms with Crippen LogP contribution in [0, 0.1) is 0 Å². The molecule has 25 heavy (non-hydrogen) atoms. The number of anilines is 1. The lowest BCUT2D eigenvalue weighted by atomic mass is 10.1. The average molecular weight is 342 g/mol. The maximum absolute atomic E-state index is 12.3. The van der Waals surface area contributed by atoms with E-state index in [9.17, 15) is 9.59 Å². The Morgan fingerprint density at radius 3 is 2.36 bits per heavy atom. The number of esters is 1. The molecule has 0 heterocycles. The van der Waals surface area contributed by atoms with Crippen LogP contribution in [-0.2, 0) is 16.1 Å². The van der Waals surface area contributed by atoms with Gasteiger partial charge in [-0.3, -0.25) is 9.69 Å². The van der Waals surface area contributed by atoms with Gasteiger partial charge in [0.1, 0.15) is 5.75 Å². The molecule has 0 saturated heterocycles. The van der Waals surface area contributed by atoms with Crippen molar-refractivity contribution in [2.24, 2.45) is 0 Å². The van der Waals surface area contributed by atoms with Crippen molar-refractivity contribution in [2.45, 2.75) is 6.54 Å². The summed E-state index contributed by atoms with van der Waals surface area (Å²) < 4.78 is 9.86. The maximum atomic E-state index is 12.3. The molecule has 0 atom stereocenters. The van der Waals surface area contributed by atoms with Gasteiger partial charge in [0.25, 0.3) is 0 Å². The first-order valence-electron chi connectivity index (χ1n) is 7.82. The second-order valence-corrected chi connectivity index (χ2v) is 5.61. The minimum Gasteiger partial charge on any atom is -0.497 e. The molecule has 0 spiro atoms. The smallest absolute Gasteiger partial charge is 0.339 e. The van der Waals surface area contributed by atoms with Crippen LogP contribution in [0.25, 0.3) is 0 Å². The molecule has 2 aromatic rings. The third-order valence-electron chi connectivity index (χ3n) is 3.63. The summed E-state index contributed by atoms with van der Waals surface area (Å²) in [4.78, 5) is 25.9. The molecule has 6 heteroatoms. The molecule has 0 aliphatic rings. The van der Waals surface area contributed by atoms with E-state index in [1.807, 2.05) is 36.2 Å². The standard InChI is InChI=1S/C19H22N2O4/c1-21(12-14-8-10-15(24-2)11-9-14)13-18(22)20-17-7-5-4-6-16(17)19(23)25-3/h4-11H,12-13H2,1-3H3,(H,20,22). The van der Waals surface area contributed by atoms with E-state index in [1.54, 1.807) is 31.4 Å². The van der Waals surface area contributed by atoms with Gasteiger partial charge in [-0.15, -0.1) is 0 Å². The van der Waals surface area contributed by atoms with Crippen LogP contribution in [0.2, 0.25) is 0 Å². The first-order chi connectivity index (χ1) is 12.0. The summed E-state index contributed by atoms with van der Waals surface area (Å²) in [5, 5.41) is 2.76. The summed E-state index contributed by atoms with van der Waals surface area (Å²) in [5.41, 5.74) is 1.85. The molecule has 0 aliphatic heterocycles. The lowest BCUT2D eigenvalue weighted by Crippen LogP contribution is -2.30.